The molecule has 0 fully saturated rings. The summed E-state index contributed by atoms with van der Waals surface area (Å²) in [6.07, 6.45) is 71.8. The van der Waals surface area contributed by atoms with Gasteiger partial charge in [-0.2, -0.15) is 0 Å². The van der Waals surface area contributed by atoms with E-state index in [1.165, 1.54) is 25.7 Å². The Bertz CT molecular complexity index is 1400. The van der Waals surface area contributed by atoms with E-state index in [4.69, 9.17) is 14.2 Å². The maximum Gasteiger partial charge on any atom is 0.306 e. The standard InChI is InChI=1S/C59H94O6/c1-4-7-10-13-16-19-22-25-28-29-32-34-37-40-43-46-49-52-58(61)64-55-56(65-59(62)53-50-47-44-41-38-35-31-27-24-21-18-15-12-9-6-3)54-63-57(60)51-48-45-42-39-36-33-30-26-23-20-17-14-11-8-5-2/h7,9-10,12,16-21,25-28,30-32,34,36,39,56H,4-6,8,11,13-15,22-24,29,33,35,37-38,40-55H2,1-3H3/b10-7-,12-9-,19-16-,20-17-,21-18-,28-25-,30-26-,31-27-,34-32-,39-36-/t56-/m0/s1. The summed E-state index contributed by atoms with van der Waals surface area (Å²) in [5, 5.41) is 0. The van der Waals surface area contributed by atoms with Gasteiger partial charge >= 0.3 is 17.9 Å². The maximum absolute atomic E-state index is 12.8. The lowest BCUT2D eigenvalue weighted by Gasteiger charge is -2.18. The minimum absolute atomic E-state index is 0.114. The van der Waals surface area contributed by atoms with Crippen LogP contribution in [0.2, 0.25) is 0 Å². The Morgan fingerprint density at radius 1 is 0.323 bits per heavy atom. The van der Waals surface area contributed by atoms with Crippen LogP contribution in [0.25, 0.3) is 0 Å². The van der Waals surface area contributed by atoms with E-state index in [9.17, 15) is 14.4 Å². The highest BCUT2D eigenvalue weighted by molar-refractivity contribution is 5.71. The van der Waals surface area contributed by atoms with E-state index in [-0.39, 0.29) is 31.1 Å². The van der Waals surface area contributed by atoms with Crippen LogP contribution < -0.4 is 0 Å². The van der Waals surface area contributed by atoms with Crippen molar-refractivity contribution < 1.29 is 28.6 Å². The second-order valence-corrected chi connectivity index (χ2v) is 16.7. The third kappa shape index (κ3) is 50.7. The van der Waals surface area contributed by atoms with Crippen LogP contribution in [0.1, 0.15) is 213 Å². The molecule has 0 aliphatic heterocycles. The van der Waals surface area contributed by atoms with Crippen molar-refractivity contribution in [3.05, 3.63) is 122 Å². The zero-order valence-corrected chi connectivity index (χ0v) is 41.7. The van der Waals surface area contributed by atoms with Crippen LogP contribution in [0.3, 0.4) is 0 Å². The van der Waals surface area contributed by atoms with Crippen LogP contribution >= 0.6 is 0 Å². The van der Waals surface area contributed by atoms with Gasteiger partial charge < -0.3 is 14.2 Å². The van der Waals surface area contributed by atoms with Crippen LogP contribution in [-0.4, -0.2) is 37.2 Å². The van der Waals surface area contributed by atoms with Crippen LogP contribution in [0, 0.1) is 0 Å². The third-order valence-electron chi connectivity index (χ3n) is 10.4. The fourth-order valence-electron chi connectivity index (χ4n) is 6.57. The number of allylic oxidation sites excluding steroid dienone is 20. The van der Waals surface area contributed by atoms with Crippen molar-refractivity contribution in [2.24, 2.45) is 0 Å². The molecule has 0 N–H and O–H groups in total. The Labute approximate surface area is 399 Å². The lowest BCUT2D eigenvalue weighted by molar-refractivity contribution is -0.167. The van der Waals surface area contributed by atoms with Gasteiger partial charge in [0.25, 0.3) is 0 Å². The highest BCUT2D eigenvalue weighted by Crippen LogP contribution is 2.12. The SMILES string of the molecule is CC/C=C\C/C=C\C/C=C\C/C=C\CCCCCCC(=O)OC[C@H](COC(=O)CCCC/C=C\C/C=C\C/C=C\CCCCC)OC(=O)CCCCCCC/C=C\C/C=C\C/C=C\CC. The Morgan fingerprint density at radius 2 is 0.600 bits per heavy atom. The van der Waals surface area contributed by atoms with Gasteiger partial charge in [0.2, 0.25) is 0 Å². The van der Waals surface area contributed by atoms with Crippen molar-refractivity contribution in [2.45, 2.75) is 219 Å². The number of ether oxygens (including phenoxy) is 3. The maximum atomic E-state index is 12.8. The van der Waals surface area contributed by atoms with Gasteiger partial charge in [0.15, 0.2) is 6.10 Å². The predicted molar refractivity (Wildman–Crippen MR) is 279 cm³/mol. The quantitative estimate of drug-likeness (QED) is 0.0262. The molecular formula is C59H94O6. The first-order valence-corrected chi connectivity index (χ1v) is 26.0. The minimum Gasteiger partial charge on any atom is -0.462 e. The molecule has 0 spiro atoms. The van der Waals surface area contributed by atoms with E-state index in [2.05, 4.69) is 142 Å². The number of rotatable bonds is 45. The lowest BCUT2D eigenvalue weighted by atomic mass is 10.1. The number of unbranched alkanes of at least 4 members (excludes halogenated alkanes) is 14. The van der Waals surface area contributed by atoms with E-state index < -0.39 is 6.10 Å². The van der Waals surface area contributed by atoms with Crippen LogP contribution in [0.4, 0.5) is 0 Å². The molecule has 6 nitrogen and oxygen atoms in total. The molecule has 6 heteroatoms. The summed E-state index contributed by atoms with van der Waals surface area (Å²) in [6.45, 7) is 6.30. The number of hydrogen-bond acceptors (Lipinski definition) is 6. The summed E-state index contributed by atoms with van der Waals surface area (Å²) < 4.78 is 16.7. The lowest BCUT2D eigenvalue weighted by Crippen LogP contribution is -2.30. The summed E-state index contributed by atoms with van der Waals surface area (Å²) in [6, 6.07) is 0. The van der Waals surface area contributed by atoms with Crippen molar-refractivity contribution in [1.82, 2.24) is 0 Å². The largest absolute Gasteiger partial charge is 0.462 e. The molecule has 0 saturated carbocycles. The Balaban J connectivity index is 4.54. The Kier molecular flexibility index (Phi) is 49.1. The summed E-state index contributed by atoms with van der Waals surface area (Å²) in [4.78, 5) is 38.0. The average Bonchev–Trinajstić information content (AvgIpc) is 3.30. The van der Waals surface area contributed by atoms with Crippen molar-refractivity contribution >= 4 is 17.9 Å². The molecule has 0 amide bonds. The topological polar surface area (TPSA) is 78.9 Å². The fourth-order valence-corrected chi connectivity index (χ4v) is 6.57. The van der Waals surface area contributed by atoms with Gasteiger partial charge in [0.05, 0.1) is 0 Å². The highest BCUT2D eigenvalue weighted by Gasteiger charge is 2.19. The molecule has 366 valence electrons. The molecule has 0 rings (SSSR count). The van der Waals surface area contributed by atoms with Gasteiger partial charge in [0, 0.05) is 19.3 Å². The minimum atomic E-state index is -0.816. The van der Waals surface area contributed by atoms with Crippen LogP contribution in [0.5, 0.6) is 0 Å². The number of carbonyl (C=O) groups is 3. The zero-order valence-electron chi connectivity index (χ0n) is 41.7. The molecule has 0 unspecified atom stereocenters. The van der Waals surface area contributed by atoms with Gasteiger partial charge in [0.1, 0.15) is 13.2 Å². The van der Waals surface area contributed by atoms with E-state index in [1.54, 1.807) is 0 Å². The van der Waals surface area contributed by atoms with Gasteiger partial charge in [-0.3, -0.25) is 14.4 Å². The molecule has 0 saturated heterocycles. The Morgan fingerprint density at radius 3 is 0.969 bits per heavy atom. The zero-order chi connectivity index (χ0) is 47.2. The van der Waals surface area contributed by atoms with Gasteiger partial charge in [-0.1, -0.05) is 187 Å². The van der Waals surface area contributed by atoms with Gasteiger partial charge in [-0.15, -0.1) is 0 Å². The van der Waals surface area contributed by atoms with Crippen molar-refractivity contribution in [3.8, 4) is 0 Å². The van der Waals surface area contributed by atoms with Gasteiger partial charge in [-0.25, -0.2) is 0 Å². The average molecular weight is 899 g/mol. The first-order chi connectivity index (χ1) is 32.0. The predicted octanol–water partition coefficient (Wildman–Crippen LogP) is 17.3. The molecule has 0 radical (unpaired) electrons. The van der Waals surface area contributed by atoms with E-state index >= 15 is 0 Å². The Hall–Kier alpha value is -4.19. The van der Waals surface area contributed by atoms with Gasteiger partial charge in [-0.05, 0) is 128 Å². The molecule has 65 heavy (non-hydrogen) atoms. The molecule has 0 aliphatic rings. The molecule has 0 aromatic carbocycles. The van der Waals surface area contributed by atoms with Crippen LogP contribution in [-0.2, 0) is 28.6 Å². The van der Waals surface area contributed by atoms with Crippen molar-refractivity contribution in [1.29, 1.82) is 0 Å². The van der Waals surface area contributed by atoms with E-state index in [0.717, 1.165) is 148 Å². The van der Waals surface area contributed by atoms with Crippen molar-refractivity contribution in [2.75, 3.05) is 13.2 Å². The smallest absolute Gasteiger partial charge is 0.306 e. The molecule has 0 aliphatic carbocycles. The second-order valence-electron chi connectivity index (χ2n) is 16.7. The summed E-state index contributed by atoms with van der Waals surface area (Å²) in [7, 11) is 0. The molecule has 0 aromatic heterocycles. The molecule has 0 heterocycles. The second kappa shape index (κ2) is 52.4. The molecule has 1 atom stereocenters. The first kappa shape index (κ1) is 60.8. The molecular weight excluding hydrogens is 805 g/mol. The monoisotopic (exact) mass is 899 g/mol. The normalized spacial score (nSPS) is 13.1. The summed E-state index contributed by atoms with van der Waals surface area (Å²) in [5.41, 5.74) is 0. The fraction of sp³-hybridized carbons (Fsp3) is 0.610. The summed E-state index contributed by atoms with van der Waals surface area (Å²) in [5.74, 6) is -0.999. The highest BCUT2D eigenvalue weighted by atomic mass is 16.6. The van der Waals surface area contributed by atoms with Crippen LogP contribution in [0.15, 0.2) is 122 Å². The summed E-state index contributed by atoms with van der Waals surface area (Å²) >= 11 is 0. The third-order valence-corrected chi connectivity index (χ3v) is 10.4. The first-order valence-electron chi connectivity index (χ1n) is 26.0. The van der Waals surface area contributed by atoms with E-state index in [1.807, 2.05) is 0 Å². The van der Waals surface area contributed by atoms with E-state index in [0.29, 0.717) is 19.3 Å². The number of hydrogen-bond donors (Lipinski definition) is 0. The molecule has 0 bridgehead atoms. The number of esters is 3. The van der Waals surface area contributed by atoms with Crippen molar-refractivity contribution in [3.63, 3.8) is 0 Å². The number of carbonyl (C=O) groups excluding carboxylic acids is 3. The molecule has 0 aromatic rings.